The van der Waals surface area contributed by atoms with Crippen molar-refractivity contribution in [2.45, 2.75) is 19.3 Å². The average molecular weight is 1930 g/mol. The van der Waals surface area contributed by atoms with Crippen LogP contribution in [0, 0.1) is 0 Å². The van der Waals surface area contributed by atoms with E-state index < -0.39 is 0 Å². The maximum Gasteiger partial charge on any atom is 0.162 e. The molecule has 0 saturated carbocycles. The summed E-state index contributed by atoms with van der Waals surface area (Å²) in [6, 6.07) is 166. The molecule has 11 heterocycles. The molecule has 149 heavy (non-hydrogen) atoms. The largest absolute Gasteiger partial charge is 0.456 e. The standard InChI is InChI=1S/C46H28N4O.C46H27N3OS.C43H29N3O/c1-3-13-29(14-4-1)46-47-37(30-23-26-42-36(27-30)33-18-9-12-22-41(33)51-42)28-43(48-46)50-39-21-11-8-19-35(39)44-40(50)25-24-34-32-17-7-10-20-38(32)49(45(34)44)31-15-5-2-6-16-31;1-2-11-28(12-3-1)29-13-10-14-31(23-29)46-47-38(30-21-22-42-36(24-30)33-16-5-8-19-41(33)50-42)27-45(48-46)49-39-18-7-4-15-32(39)35-26-44-37(25-40(35)49)34-17-6-9-20-43(34)51-44;1-43(2)33-19-9-6-15-27(33)31-24-37-32(23-34(31)43)28-16-7-10-20-36(28)46(37)40-25-35(44-42(45-40)26-13-4-3-5-14-26)29-18-12-22-39-41(29)30-17-8-11-21-38(30)47-39/h1-28H;1-27H;3-25H,1-2H3. The van der Waals surface area contributed by atoms with Gasteiger partial charge in [0.25, 0.3) is 0 Å². The molecule has 11 aromatic heterocycles. The summed E-state index contributed by atoms with van der Waals surface area (Å²) in [5.74, 6) is 4.49. The van der Waals surface area contributed by atoms with Crippen LogP contribution in [0.4, 0.5) is 0 Å². The third-order valence-electron chi connectivity index (χ3n) is 30.2. The van der Waals surface area contributed by atoms with Crippen LogP contribution in [0.5, 0.6) is 0 Å². The summed E-state index contributed by atoms with van der Waals surface area (Å²) in [5.41, 5.74) is 31.3. The molecule has 0 amide bonds. The Morgan fingerprint density at radius 3 is 1.24 bits per heavy atom. The first kappa shape index (κ1) is 85.1. The summed E-state index contributed by atoms with van der Waals surface area (Å²) in [4.78, 5) is 31.7. The van der Waals surface area contributed by atoms with E-state index in [2.05, 4.69) is 408 Å². The summed E-state index contributed by atoms with van der Waals surface area (Å²) in [5, 5.41) is 18.7. The topological polar surface area (TPSA) is 136 Å². The summed E-state index contributed by atoms with van der Waals surface area (Å²) >= 11 is 1.85. The highest BCUT2D eigenvalue weighted by Crippen LogP contribution is 2.53. The van der Waals surface area contributed by atoms with Crippen LogP contribution in [0.3, 0.4) is 0 Å². The minimum Gasteiger partial charge on any atom is -0.456 e. The van der Waals surface area contributed by atoms with Gasteiger partial charge in [0, 0.05) is 158 Å². The van der Waals surface area contributed by atoms with E-state index in [9.17, 15) is 0 Å². The Labute approximate surface area is 856 Å². The monoisotopic (exact) mass is 1920 g/mol. The molecule has 0 atom stereocenters. The van der Waals surface area contributed by atoms with E-state index in [1.54, 1.807) is 0 Å². The zero-order valence-electron chi connectivity index (χ0n) is 80.6. The Morgan fingerprint density at radius 1 is 0.201 bits per heavy atom. The number of fused-ring (bicyclic) bond motifs is 28. The van der Waals surface area contributed by atoms with Crippen LogP contribution in [0.15, 0.2) is 486 Å². The number of para-hydroxylation sites is 8. The van der Waals surface area contributed by atoms with Crippen molar-refractivity contribution in [3.63, 3.8) is 0 Å². The lowest BCUT2D eigenvalue weighted by Crippen LogP contribution is -2.14. The number of hydrogen-bond donors (Lipinski definition) is 0. The Bertz CT molecular complexity index is 11000. The van der Waals surface area contributed by atoms with Gasteiger partial charge in [0.15, 0.2) is 17.5 Å². The number of furan rings is 3. The Kier molecular flexibility index (Phi) is 19.3. The van der Waals surface area contributed by atoms with Crippen LogP contribution < -0.4 is 0 Å². The number of thiophene rings is 1. The van der Waals surface area contributed by atoms with E-state index >= 15 is 0 Å². The van der Waals surface area contributed by atoms with Crippen LogP contribution in [0.25, 0.3) is 287 Å². The van der Waals surface area contributed by atoms with Crippen LogP contribution in [0.2, 0.25) is 0 Å². The van der Waals surface area contributed by atoms with Gasteiger partial charge in [0.1, 0.15) is 51.0 Å². The van der Waals surface area contributed by atoms with E-state index in [-0.39, 0.29) is 5.41 Å². The van der Waals surface area contributed by atoms with Gasteiger partial charge in [-0.15, -0.1) is 11.3 Å². The lowest BCUT2D eigenvalue weighted by atomic mass is 9.82. The molecule has 31 aromatic rings. The average Bonchev–Trinajstić information content (AvgIpc) is 1.55. The predicted molar refractivity (Wildman–Crippen MR) is 614 cm³/mol. The van der Waals surface area contributed by atoms with Crippen LogP contribution in [-0.2, 0) is 5.41 Å². The molecule has 14 heteroatoms. The van der Waals surface area contributed by atoms with Gasteiger partial charge in [-0.05, 0) is 173 Å². The molecule has 0 aliphatic heterocycles. The molecule has 0 radical (unpaired) electrons. The fourth-order valence-corrected chi connectivity index (χ4v) is 24.4. The highest BCUT2D eigenvalue weighted by molar-refractivity contribution is 7.25. The Balaban J connectivity index is 0.000000103. The quantitative estimate of drug-likeness (QED) is 0.124. The minimum atomic E-state index is -0.0854. The van der Waals surface area contributed by atoms with Crippen molar-refractivity contribution >= 4 is 185 Å². The van der Waals surface area contributed by atoms with Crippen molar-refractivity contribution in [3.8, 4) is 113 Å². The van der Waals surface area contributed by atoms with E-state index in [0.717, 1.165) is 184 Å². The molecule has 32 rings (SSSR count). The number of rotatable bonds is 11. The third kappa shape index (κ3) is 13.8. The molecule has 698 valence electrons. The number of aromatic nitrogens is 10. The molecule has 20 aromatic carbocycles. The van der Waals surface area contributed by atoms with Crippen molar-refractivity contribution in [1.29, 1.82) is 0 Å². The molecular formula is C135H84N10O3S. The van der Waals surface area contributed by atoms with Crippen molar-refractivity contribution in [2.75, 3.05) is 0 Å². The smallest absolute Gasteiger partial charge is 0.162 e. The van der Waals surface area contributed by atoms with Crippen LogP contribution in [-0.4, -0.2) is 48.2 Å². The van der Waals surface area contributed by atoms with Gasteiger partial charge in [-0.3, -0.25) is 13.7 Å². The highest BCUT2D eigenvalue weighted by atomic mass is 32.1. The molecular weight excluding hydrogens is 1840 g/mol. The summed E-state index contributed by atoms with van der Waals surface area (Å²) < 4.78 is 30.6. The molecule has 1 aliphatic carbocycles. The first-order valence-corrected chi connectivity index (χ1v) is 51.1. The van der Waals surface area contributed by atoms with Crippen molar-refractivity contribution < 1.29 is 13.3 Å². The van der Waals surface area contributed by atoms with E-state index in [4.69, 9.17) is 43.2 Å². The van der Waals surface area contributed by atoms with Gasteiger partial charge >= 0.3 is 0 Å². The predicted octanol–water partition coefficient (Wildman–Crippen LogP) is 35.9. The zero-order valence-corrected chi connectivity index (χ0v) is 81.5. The lowest BCUT2D eigenvalue weighted by molar-refractivity contribution is 0.661. The summed E-state index contributed by atoms with van der Waals surface area (Å²) in [6.07, 6.45) is 0. The number of nitrogens with zero attached hydrogens (tertiary/aromatic N) is 10. The molecule has 0 N–H and O–H groups in total. The fraction of sp³-hybridized carbons (Fsp3) is 0.0222. The van der Waals surface area contributed by atoms with E-state index in [1.165, 1.54) is 96.5 Å². The Hall–Kier alpha value is -19.5. The van der Waals surface area contributed by atoms with Gasteiger partial charge in [-0.2, -0.15) is 0 Å². The molecule has 13 nitrogen and oxygen atoms in total. The maximum absolute atomic E-state index is 6.29. The molecule has 1 aliphatic rings. The lowest BCUT2D eigenvalue weighted by Gasteiger charge is -2.21. The number of benzene rings is 20. The summed E-state index contributed by atoms with van der Waals surface area (Å²) in [6.45, 7) is 4.68. The SMILES string of the molecule is CC1(C)c2ccccc2-c2cc3c(cc21)c1ccccc1n3-c1cc(-c2cccc3oc4ccccc4c23)nc(-c2ccccc2)n1.c1ccc(-c2cccc(-c3nc(-c4ccc5oc6ccccc6c5c4)cc(-n4c5ccccc5c5cc6sc7ccccc7c6cc54)n3)c2)cc1.c1ccc(-c2nc(-c3ccc4oc5ccccc5c4c3)cc(-n3c4ccccc4c4c3ccc3c5ccccc5n(-c5ccccc5)c34)n2)cc1. The molecule has 0 spiro atoms. The third-order valence-corrected chi connectivity index (χ3v) is 31.3. The highest BCUT2D eigenvalue weighted by Gasteiger charge is 2.37. The van der Waals surface area contributed by atoms with E-state index in [0.29, 0.717) is 17.5 Å². The zero-order chi connectivity index (χ0) is 98.2. The summed E-state index contributed by atoms with van der Waals surface area (Å²) in [7, 11) is 0. The second kappa shape index (κ2) is 33.8. The molecule has 0 saturated heterocycles. The van der Waals surface area contributed by atoms with Gasteiger partial charge in [-0.1, -0.05) is 329 Å². The Morgan fingerprint density at radius 2 is 0.624 bits per heavy atom. The minimum absolute atomic E-state index is 0.0854. The van der Waals surface area contributed by atoms with Crippen molar-refractivity contribution in [3.05, 3.63) is 484 Å². The van der Waals surface area contributed by atoms with Crippen molar-refractivity contribution in [2.24, 2.45) is 0 Å². The van der Waals surface area contributed by atoms with Crippen LogP contribution >= 0.6 is 11.3 Å². The fourth-order valence-electron chi connectivity index (χ4n) is 23.3. The van der Waals surface area contributed by atoms with Crippen molar-refractivity contribution in [1.82, 2.24) is 48.2 Å². The van der Waals surface area contributed by atoms with E-state index in [1.807, 2.05) is 108 Å². The molecule has 0 bridgehead atoms. The maximum atomic E-state index is 6.29. The van der Waals surface area contributed by atoms with Crippen LogP contribution in [0.1, 0.15) is 25.0 Å². The second-order valence-corrected chi connectivity index (χ2v) is 40.1. The normalized spacial score (nSPS) is 12.4. The molecule has 0 fully saturated rings. The van der Waals surface area contributed by atoms with Gasteiger partial charge in [-0.25, -0.2) is 29.9 Å². The first-order chi connectivity index (χ1) is 73.6. The second-order valence-electron chi connectivity index (χ2n) is 39.0. The van der Waals surface area contributed by atoms with Gasteiger partial charge in [0.2, 0.25) is 0 Å². The molecule has 0 unspecified atom stereocenters. The van der Waals surface area contributed by atoms with Gasteiger partial charge < -0.3 is 17.8 Å². The van der Waals surface area contributed by atoms with Gasteiger partial charge in [0.05, 0.1) is 61.2 Å². The number of hydrogen-bond acceptors (Lipinski definition) is 10. The first-order valence-electron chi connectivity index (χ1n) is 50.3.